The zero-order valence-electron chi connectivity index (χ0n) is 17.5. The summed E-state index contributed by atoms with van der Waals surface area (Å²) in [5.41, 5.74) is 1.56. The highest BCUT2D eigenvalue weighted by Crippen LogP contribution is 2.33. The second-order valence-corrected chi connectivity index (χ2v) is 7.55. The summed E-state index contributed by atoms with van der Waals surface area (Å²) in [5, 5.41) is 2.08. The van der Waals surface area contributed by atoms with E-state index in [1.165, 1.54) is 0 Å². The Morgan fingerprint density at radius 1 is 1.00 bits per heavy atom. The third-order valence-electron chi connectivity index (χ3n) is 5.67. The number of methoxy groups -OCH3 is 1. The Morgan fingerprint density at radius 2 is 1.81 bits per heavy atom. The third kappa shape index (κ3) is 3.86. The number of H-pyrrole nitrogens is 1. The zero-order chi connectivity index (χ0) is 21.0. The maximum Gasteiger partial charge on any atom is 0.162 e. The average molecular weight is 419 g/mol. The lowest BCUT2D eigenvalue weighted by Crippen LogP contribution is -2.35. The van der Waals surface area contributed by atoms with Crippen LogP contribution in [0.4, 0.5) is 5.82 Å². The van der Waals surface area contributed by atoms with E-state index in [-0.39, 0.29) is 6.04 Å². The first-order chi connectivity index (χ1) is 15.3. The first-order valence-corrected chi connectivity index (χ1v) is 10.5. The molecule has 0 spiro atoms. The molecular weight excluding hydrogens is 394 g/mol. The van der Waals surface area contributed by atoms with Gasteiger partial charge in [0.25, 0.3) is 0 Å². The molecule has 1 aliphatic heterocycles. The SMILES string of the molecule is COCCOc1cccc2c(OCC3CCCN3c3ncnc4[nH]cnc34)cccc12. The predicted octanol–water partition coefficient (Wildman–Crippen LogP) is 3.58. The van der Waals surface area contributed by atoms with Crippen LogP contribution in [-0.4, -0.2) is 59.5 Å². The van der Waals surface area contributed by atoms with Gasteiger partial charge >= 0.3 is 0 Å². The smallest absolute Gasteiger partial charge is 0.162 e. The van der Waals surface area contributed by atoms with Crippen LogP contribution in [0, 0.1) is 0 Å². The minimum Gasteiger partial charge on any atom is -0.491 e. The number of anilines is 1. The van der Waals surface area contributed by atoms with E-state index in [4.69, 9.17) is 14.2 Å². The molecule has 0 amide bonds. The van der Waals surface area contributed by atoms with E-state index in [1.807, 2.05) is 24.3 Å². The van der Waals surface area contributed by atoms with Gasteiger partial charge < -0.3 is 24.1 Å². The van der Waals surface area contributed by atoms with Crippen molar-refractivity contribution in [1.82, 2.24) is 19.9 Å². The van der Waals surface area contributed by atoms with Crippen molar-refractivity contribution < 1.29 is 14.2 Å². The van der Waals surface area contributed by atoms with Gasteiger partial charge in [-0.15, -0.1) is 0 Å². The minimum atomic E-state index is 0.228. The van der Waals surface area contributed by atoms with E-state index in [0.29, 0.717) is 19.8 Å². The maximum absolute atomic E-state index is 6.34. The highest BCUT2D eigenvalue weighted by molar-refractivity contribution is 5.93. The highest BCUT2D eigenvalue weighted by Gasteiger charge is 2.28. The molecule has 1 N–H and O–H groups in total. The number of hydrogen-bond donors (Lipinski definition) is 1. The van der Waals surface area contributed by atoms with E-state index >= 15 is 0 Å². The van der Waals surface area contributed by atoms with Gasteiger partial charge in [-0.2, -0.15) is 0 Å². The molecule has 2 aromatic carbocycles. The standard InChI is InChI=1S/C23H25N5O3/c1-29-11-12-30-19-8-2-7-18-17(19)6-3-9-20(18)31-13-16-5-4-10-28(16)23-21-22(25-14-24-21)26-15-27-23/h2-3,6-9,14-16H,4-5,10-13H2,1H3,(H,24,25,26,27). The largest absolute Gasteiger partial charge is 0.491 e. The first kappa shape index (κ1) is 19.6. The fraction of sp³-hybridized carbons (Fsp3) is 0.348. The van der Waals surface area contributed by atoms with Crippen LogP contribution in [0.25, 0.3) is 21.9 Å². The van der Waals surface area contributed by atoms with E-state index in [2.05, 4.69) is 37.0 Å². The summed E-state index contributed by atoms with van der Waals surface area (Å²) >= 11 is 0. The van der Waals surface area contributed by atoms with Gasteiger partial charge in [-0.3, -0.25) is 0 Å². The lowest BCUT2D eigenvalue weighted by molar-refractivity contribution is 0.147. The number of hydrogen-bond acceptors (Lipinski definition) is 7. The van der Waals surface area contributed by atoms with Gasteiger partial charge in [-0.05, 0) is 25.0 Å². The van der Waals surface area contributed by atoms with Crippen LogP contribution < -0.4 is 14.4 Å². The van der Waals surface area contributed by atoms with Crippen LogP contribution in [0.5, 0.6) is 11.5 Å². The second-order valence-electron chi connectivity index (χ2n) is 7.55. The van der Waals surface area contributed by atoms with E-state index in [0.717, 1.165) is 58.6 Å². The van der Waals surface area contributed by atoms with Crippen molar-refractivity contribution in [3.8, 4) is 11.5 Å². The number of fused-ring (bicyclic) bond motifs is 2. The molecule has 1 fully saturated rings. The summed E-state index contributed by atoms with van der Waals surface area (Å²) in [5.74, 6) is 2.56. The fourth-order valence-corrected chi connectivity index (χ4v) is 4.17. The lowest BCUT2D eigenvalue weighted by atomic mass is 10.1. The number of rotatable bonds is 8. The van der Waals surface area contributed by atoms with Crippen molar-refractivity contribution in [2.45, 2.75) is 18.9 Å². The molecule has 1 aliphatic rings. The third-order valence-corrected chi connectivity index (χ3v) is 5.67. The quantitative estimate of drug-likeness (QED) is 0.437. The Hall–Kier alpha value is -3.39. The van der Waals surface area contributed by atoms with Crippen molar-refractivity contribution in [1.29, 1.82) is 0 Å². The molecule has 0 bridgehead atoms. The first-order valence-electron chi connectivity index (χ1n) is 10.5. The van der Waals surface area contributed by atoms with Crippen LogP contribution in [0.15, 0.2) is 49.1 Å². The van der Waals surface area contributed by atoms with Crippen LogP contribution in [0.3, 0.4) is 0 Å². The Kier molecular flexibility index (Phi) is 5.54. The molecule has 0 saturated carbocycles. The Bertz CT molecular complexity index is 1180. The van der Waals surface area contributed by atoms with Crippen LogP contribution in [0.2, 0.25) is 0 Å². The summed E-state index contributed by atoms with van der Waals surface area (Å²) in [6.07, 6.45) is 5.39. The number of nitrogens with zero attached hydrogens (tertiary/aromatic N) is 4. The van der Waals surface area contributed by atoms with Crippen LogP contribution in [0.1, 0.15) is 12.8 Å². The Morgan fingerprint density at radius 3 is 2.61 bits per heavy atom. The molecule has 8 heteroatoms. The topological polar surface area (TPSA) is 85.4 Å². The van der Waals surface area contributed by atoms with Gasteiger partial charge in [0.2, 0.25) is 0 Å². The molecule has 1 unspecified atom stereocenters. The predicted molar refractivity (Wildman–Crippen MR) is 119 cm³/mol. The second kappa shape index (κ2) is 8.77. The summed E-state index contributed by atoms with van der Waals surface area (Å²) in [4.78, 5) is 18.5. The van der Waals surface area contributed by atoms with E-state index < -0.39 is 0 Å². The molecular formula is C23H25N5O3. The monoisotopic (exact) mass is 419 g/mol. The summed E-state index contributed by atoms with van der Waals surface area (Å²) in [7, 11) is 1.67. The number of ether oxygens (including phenoxy) is 3. The van der Waals surface area contributed by atoms with Gasteiger partial charge in [-0.25, -0.2) is 15.0 Å². The molecule has 0 radical (unpaired) electrons. The Labute approximate surface area is 180 Å². The molecule has 5 rings (SSSR count). The summed E-state index contributed by atoms with van der Waals surface area (Å²) in [6, 6.07) is 12.3. The number of imidazole rings is 1. The molecule has 2 aromatic heterocycles. The van der Waals surface area contributed by atoms with E-state index in [1.54, 1.807) is 19.8 Å². The van der Waals surface area contributed by atoms with Crippen molar-refractivity contribution in [2.75, 3.05) is 38.4 Å². The van der Waals surface area contributed by atoms with Crippen LogP contribution >= 0.6 is 0 Å². The average Bonchev–Trinajstić information content (AvgIpc) is 3.47. The van der Waals surface area contributed by atoms with Crippen molar-refractivity contribution in [2.24, 2.45) is 0 Å². The molecule has 1 atom stereocenters. The molecule has 31 heavy (non-hydrogen) atoms. The van der Waals surface area contributed by atoms with Crippen molar-refractivity contribution >= 4 is 27.8 Å². The normalized spacial score (nSPS) is 16.3. The molecule has 0 aliphatic carbocycles. The molecule has 8 nitrogen and oxygen atoms in total. The van der Waals surface area contributed by atoms with Crippen LogP contribution in [-0.2, 0) is 4.74 Å². The minimum absolute atomic E-state index is 0.228. The number of aromatic nitrogens is 4. The molecule has 4 aromatic rings. The molecule has 160 valence electrons. The molecule has 1 saturated heterocycles. The van der Waals surface area contributed by atoms with Gasteiger partial charge in [0.15, 0.2) is 11.5 Å². The summed E-state index contributed by atoms with van der Waals surface area (Å²) < 4.78 is 17.3. The van der Waals surface area contributed by atoms with Gasteiger partial charge in [-0.1, -0.05) is 24.3 Å². The van der Waals surface area contributed by atoms with Gasteiger partial charge in [0.1, 0.15) is 36.6 Å². The van der Waals surface area contributed by atoms with E-state index in [9.17, 15) is 0 Å². The Balaban J connectivity index is 1.36. The number of nitrogens with one attached hydrogen (secondary N) is 1. The zero-order valence-corrected chi connectivity index (χ0v) is 17.5. The number of aromatic amines is 1. The highest BCUT2D eigenvalue weighted by atomic mass is 16.5. The maximum atomic E-state index is 6.34. The van der Waals surface area contributed by atoms with Crippen molar-refractivity contribution in [3.63, 3.8) is 0 Å². The number of benzene rings is 2. The van der Waals surface area contributed by atoms with Crippen molar-refractivity contribution in [3.05, 3.63) is 49.1 Å². The fourth-order valence-electron chi connectivity index (χ4n) is 4.17. The lowest BCUT2D eigenvalue weighted by Gasteiger charge is -2.26. The summed E-state index contributed by atoms with van der Waals surface area (Å²) in [6.45, 7) is 2.57. The molecule has 3 heterocycles. The van der Waals surface area contributed by atoms with Gasteiger partial charge in [0, 0.05) is 24.4 Å². The van der Waals surface area contributed by atoms with Gasteiger partial charge in [0.05, 0.1) is 19.0 Å².